The summed E-state index contributed by atoms with van der Waals surface area (Å²) in [5.74, 6) is 1.27. The Labute approximate surface area is 216 Å². The molecule has 1 aliphatic rings. The van der Waals surface area contributed by atoms with Crippen molar-refractivity contribution in [3.63, 3.8) is 0 Å². The first-order chi connectivity index (χ1) is 18.1. The largest absolute Gasteiger partial charge is 0.496 e. The van der Waals surface area contributed by atoms with Gasteiger partial charge in [-0.3, -0.25) is 4.79 Å². The van der Waals surface area contributed by atoms with Crippen molar-refractivity contribution in [2.75, 3.05) is 19.0 Å². The fourth-order valence-corrected chi connectivity index (χ4v) is 4.46. The molecule has 1 heterocycles. The summed E-state index contributed by atoms with van der Waals surface area (Å²) in [7, 11) is 1.69. The van der Waals surface area contributed by atoms with E-state index in [0.29, 0.717) is 34.4 Å². The van der Waals surface area contributed by atoms with Gasteiger partial charge in [0.05, 0.1) is 31.1 Å². The Kier molecular flexibility index (Phi) is 7.02. The van der Waals surface area contributed by atoms with Crippen molar-refractivity contribution < 1.29 is 9.53 Å². The average Bonchev–Trinajstić information content (AvgIpc) is 3.67. The highest BCUT2D eigenvalue weighted by molar-refractivity contribution is 6.03. The third kappa shape index (κ3) is 5.55. The molecule has 1 amide bonds. The van der Waals surface area contributed by atoms with Gasteiger partial charge in [0.2, 0.25) is 0 Å². The van der Waals surface area contributed by atoms with Crippen LogP contribution in [0.15, 0.2) is 78.9 Å². The number of carbonyl (C=O) groups excluding carboxylic acids is 1. The SMILES string of the molecule is [C-]#[N+]c1cccc(-n2nc(C)cc2C(=O)Nc2cccc(C(NCC3CC3)c3ccccc3OC)c2)c1. The maximum Gasteiger partial charge on any atom is 0.274 e. The first-order valence-electron chi connectivity index (χ1n) is 12.4. The molecule has 1 atom stereocenters. The highest BCUT2D eigenvalue weighted by atomic mass is 16.5. The van der Waals surface area contributed by atoms with Gasteiger partial charge < -0.3 is 15.4 Å². The summed E-state index contributed by atoms with van der Waals surface area (Å²) in [6.45, 7) is 10.1. The molecule has 186 valence electrons. The van der Waals surface area contributed by atoms with Gasteiger partial charge in [-0.15, -0.1) is 0 Å². The molecule has 7 nitrogen and oxygen atoms in total. The summed E-state index contributed by atoms with van der Waals surface area (Å²) in [5, 5.41) is 11.3. The second kappa shape index (κ2) is 10.7. The number of para-hydroxylation sites is 1. The van der Waals surface area contributed by atoms with Gasteiger partial charge in [-0.1, -0.05) is 42.5 Å². The number of amides is 1. The monoisotopic (exact) mass is 491 g/mol. The zero-order valence-corrected chi connectivity index (χ0v) is 20.9. The van der Waals surface area contributed by atoms with Gasteiger partial charge in [0.15, 0.2) is 5.69 Å². The Morgan fingerprint density at radius 1 is 1.11 bits per heavy atom. The fourth-order valence-electron chi connectivity index (χ4n) is 4.46. The Balaban J connectivity index is 1.43. The van der Waals surface area contributed by atoms with Crippen LogP contribution >= 0.6 is 0 Å². The van der Waals surface area contributed by atoms with E-state index in [1.165, 1.54) is 12.8 Å². The van der Waals surface area contributed by atoms with Crippen LogP contribution in [0.4, 0.5) is 11.4 Å². The predicted octanol–water partition coefficient (Wildman–Crippen LogP) is 6.08. The van der Waals surface area contributed by atoms with Crippen LogP contribution in [0.25, 0.3) is 10.5 Å². The molecule has 7 heteroatoms. The lowest BCUT2D eigenvalue weighted by atomic mass is 9.97. The van der Waals surface area contributed by atoms with Gasteiger partial charge in [0, 0.05) is 11.3 Å². The molecule has 4 aromatic rings. The quantitative estimate of drug-likeness (QED) is 0.278. The van der Waals surface area contributed by atoms with Crippen molar-refractivity contribution in [2.45, 2.75) is 25.8 Å². The number of benzene rings is 3. The number of aryl methyl sites for hydroxylation is 1. The molecule has 0 bridgehead atoms. The minimum Gasteiger partial charge on any atom is -0.496 e. The van der Waals surface area contributed by atoms with Gasteiger partial charge in [-0.25, -0.2) is 9.53 Å². The maximum absolute atomic E-state index is 13.4. The van der Waals surface area contributed by atoms with Crippen LogP contribution in [0, 0.1) is 19.4 Å². The van der Waals surface area contributed by atoms with Gasteiger partial charge in [-0.2, -0.15) is 5.10 Å². The molecule has 1 unspecified atom stereocenters. The van der Waals surface area contributed by atoms with Crippen LogP contribution < -0.4 is 15.4 Å². The number of hydrogen-bond acceptors (Lipinski definition) is 4. The van der Waals surface area contributed by atoms with Crippen LogP contribution in [0.1, 0.15) is 46.2 Å². The molecule has 1 saturated carbocycles. The van der Waals surface area contributed by atoms with Crippen molar-refractivity contribution in [2.24, 2.45) is 5.92 Å². The average molecular weight is 492 g/mol. The van der Waals surface area contributed by atoms with Gasteiger partial charge >= 0.3 is 0 Å². The van der Waals surface area contributed by atoms with E-state index in [0.717, 1.165) is 23.4 Å². The van der Waals surface area contributed by atoms with Crippen molar-refractivity contribution in [1.82, 2.24) is 15.1 Å². The van der Waals surface area contributed by atoms with E-state index in [1.54, 1.807) is 36.1 Å². The van der Waals surface area contributed by atoms with Crippen LogP contribution in [0.3, 0.4) is 0 Å². The van der Waals surface area contributed by atoms with Crippen molar-refractivity contribution in [3.8, 4) is 11.4 Å². The topological polar surface area (TPSA) is 72.5 Å². The molecule has 5 rings (SSSR count). The van der Waals surface area contributed by atoms with Crippen LogP contribution in [-0.4, -0.2) is 29.3 Å². The lowest BCUT2D eigenvalue weighted by Crippen LogP contribution is -2.25. The number of nitrogens with one attached hydrogen (secondary N) is 2. The highest BCUT2D eigenvalue weighted by Gasteiger charge is 2.25. The summed E-state index contributed by atoms with van der Waals surface area (Å²) in [4.78, 5) is 16.9. The van der Waals surface area contributed by atoms with E-state index >= 15 is 0 Å². The summed E-state index contributed by atoms with van der Waals surface area (Å²) in [6.07, 6.45) is 2.52. The van der Waals surface area contributed by atoms with Crippen molar-refractivity contribution >= 4 is 17.3 Å². The fraction of sp³-hybridized carbons (Fsp3) is 0.233. The zero-order valence-electron chi connectivity index (χ0n) is 20.9. The van der Waals surface area contributed by atoms with E-state index in [9.17, 15) is 4.79 Å². The van der Waals surface area contributed by atoms with Gasteiger partial charge in [-0.05, 0) is 74.2 Å². The van der Waals surface area contributed by atoms with E-state index in [4.69, 9.17) is 11.3 Å². The molecule has 0 saturated heterocycles. The van der Waals surface area contributed by atoms with Crippen molar-refractivity contribution in [1.29, 1.82) is 0 Å². The molecule has 3 aromatic carbocycles. The molecule has 0 aliphatic heterocycles. The second-order valence-electron chi connectivity index (χ2n) is 9.32. The Morgan fingerprint density at radius 3 is 2.70 bits per heavy atom. The maximum atomic E-state index is 13.4. The summed E-state index contributed by atoms with van der Waals surface area (Å²) < 4.78 is 7.24. The van der Waals surface area contributed by atoms with Crippen LogP contribution in [-0.2, 0) is 0 Å². The minimum atomic E-state index is -0.272. The van der Waals surface area contributed by atoms with E-state index in [-0.39, 0.29) is 11.9 Å². The second-order valence-corrected chi connectivity index (χ2v) is 9.32. The van der Waals surface area contributed by atoms with Crippen LogP contribution in [0.2, 0.25) is 0 Å². The first-order valence-corrected chi connectivity index (χ1v) is 12.4. The summed E-state index contributed by atoms with van der Waals surface area (Å²) in [5.41, 5.74) is 5.06. The Morgan fingerprint density at radius 2 is 1.92 bits per heavy atom. The van der Waals surface area contributed by atoms with Gasteiger partial charge in [0.25, 0.3) is 5.91 Å². The number of anilines is 1. The molecule has 0 spiro atoms. The lowest BCUT2D eigenvalue weighted by Gasteiger charge is -2.22. The van der Waals surface area contributed by atoms with E-state index < -0.39 is 0 Å². The van der Waals surface area contributed by atoms with E-state index in [1.807, 2.05) is 49.4 Å². The molecule has 2 N–H and O–H groups in total. The standard InChI is InChI=1S/C30H29N5O2/c1-20-16-27(35(34-20)25-11-7-9-23(18-25)31-2)30(36)33-24-10-6-8-22(17-24)29(32-19-21-14-15-21)26-12-4-5-13-28(26)37-3/h4-13,16-18,21,29,32H,14-15,19H2,1,3H3,(H,33,36). The molecule has 0 radical (unpaired) electrons. The highest BCUT2D eigenvalue weighted by Crippen LogP contribution is 2.34. The predicted molar refractivity (Wildman–Crippen MR) is 145 cm³/mol. The number of hydrogen-bond donors (Lipinski definition) is 2. The molecular weight excluding hydrogens is 462 g/mol. The van der Waals surface area contributed by atoms with Crippen molar-refractivity contribution in [3.05, 3.63) is 113 Å². The Bertz CT molecular complexity index is 1460. The van der Waals surface area contributed by atoms with Crippen LogP contribution in [0.5, 0.6) is 5.75 Å². The number of carbonyl (C=O) groups is 1. The third-order valence-electron chi connectivity index (χ3n) is 6.50. The number of rotatable bonds is 9. The summed E-state index contributed by atoms with van der Waals surface area (Å²) in [6, 6.07) is 24.7. The zero-order chi connectivity index (χ0) is 25.8. The number of methoxy groups -OCH3 is 1. The minimum absolute atomic E-state index is 0.0715. The van der Waals surface area contributed by atoms with E-state index in [2.05, 4.69) is 32.7 Å². The number of ether oxygens (including phenoxy) is 1. The number of aromatic nitrogens is 2. The normalized spacial score (nSPS) is 13.5. The van der Waals surface area contributed by atoms with Gasteiger partial charge in [0.1, 0.15) is 11.4 Å². The lowest BCUT2D eigenvalue weighted by molar-refractivity contribution is 0.101. The molecule has 1 aromatic heterocycles. The molecular formula is C30H29N5O2. The first kappa shape index (κ1) is 24.3. The third-order valence-corrected chi connectivity index (χ3v) is 6.50. The molecule has 1 aliphatic carbocycles. The smallest absolute Gasteiger partial charge is 0.274 e. The molecule has 1 fully saturated rings. The summed E-state index contributed by atoms with van der Waals surface area (Å²) >= 11 is 0. The Hall–Kier alpha value is -4.41. The molecule has 37 heavy (non-hydrogen) atoms. The number of nitrogens with zero attached hydrogens (tertiary/aromatic N) is 3.